The normalized spacial score (nSPS) is 18.3. The lowest BCUT2D eigenvalue weighted by Gasteiger charge is -2.20. The van der Waals surface area contributed by atoms with Gasteiger partial charge in [0.2, 0.25) is 0 Å². The van der Waals surface area contributed by atoms with E-state index in [1.165, 1.54) is 0 Å². The number of thioether (sulfide) groups is 1. The minimum absolute atomic E-state index is 0.240. The number of nitrogens with zero attached hydrogens (tertiary/aromatic N) is 1. The zero-order valence-electron chi connectivity index (χ0n) is 10.1. The van der Waals surface area contributed by atoms with E-state index < -0.39 is 0 Å². The Morgan fingerprint density at radius 2 is 2.22 bits per heavy atom. The van der Waals surface area contributed by atoms with E-state index in [1.54, 1.807) is 11.8 Å². The van der Waals surface area contributed by atoms with Crippen molar-refractivity contribution in [3.8, 4) is 0 Å². The monoisotopic (exact) mass is 255 g/mol. The summed E-state index contributed by atoms with van der Waals surface area (Å²) in [5.74, 6) is 0. The van der Waals surface area contributed by atoms with Crippen molar-refractivity contribution in [2.45, 2.75) is 23.6 Å². The van der Waals surface area contributed by atoms with E-state index in [0.29, 0.717) is 0 Å². The van der Waals surface area contributed by atoms with Gasteiger partial charge < -0.3 is 0 Å². The van der Waals surface area contributed by atoms with Crippen molar-refractivity contribution >= 4 is 35.0 Å². The van der Waals surface area contributed by atoms with Gasteiger partial charge in [0.25, 0.3) is 0 Å². The maximum Gasteiger partial charge on any atom is 0.147 e. The van der Waals surface area contributed by atoms with Crippen LogP contribution < -0.4 is 0 Å². The molecule has 0 fully saturated rings. The van der Waals surface area contributed by atoms with E-state index >= 15 is 0 Å². The van der Waals surface area contributed by atoms with Crippen LogP contribution in [0.25, 0.3) is 17.0 Å². The molecule has 1 aromatic heterocycles. The molecule has 0 unspecified atom stereocenters. The van der Waals surface area contributed by atoms with Crippen LogP contribution in [0, 0.1) is 0 Å². The molecule has 3 rings (SSSR count). The van der Waals surface area contributed by atoms with Crippen LogP contribution in [0.4, 0.5) is 0 Å². The molecule has 3 heteroatoms. The molecule has 0 saturated carbocycles. The lowest BCUT2D eigenvalue weighted by molar-refractivity contribution is -0.104. The van der Waals surface area contributed by atoms with Gasteiger partial charge in [-0.3, -0.25) is 4.79 Å². The number of carbonyl (C=O) groups is 1. The standard InChI is InChI=1S/C15H13NOS/c1-2-14-12(9-17)8-11-7-10-5-3-4-6-13(10)16-15(11)18-14/h3-9,14H,2H2,1H3/t14-/m1/s1. The average Bonchev–Trinajstić information content (AvgIpc) is 2.43. The largest absolute Gasteiger partial charge is 0.298 e. The van der Waals surface area contributed by atoms with Crippen molar-refractivity contribution < 1.29 is 4.79 Å². The number of hydrogen-bond donors (Lipinski definition) is 0. The van der Waals surface area contributed by atoms with Gasteiger partial charge in [0, 0.05) is 21.8 Å². The maximum absolute atomic E-state index is 11.1. The fourth-order valence-electron chi connectivity index (χ4n) is 2.22. The molecule has 1 aromatic carbocycles. The quantitative estimate of drug-likeness (QED) is 0.766. The molecule has 90 valence electrons. The third-order valence-electron chi connectivity index (χ3n) is 3.17. The van der Waals surface area contributed by atoms with Crippen molar-refractivity contribution in [1.82, 2.24) is 4.98 Å². The van der Waals surface area contributed by atoms with Gasteiger partial charge in [-0.25, -0.2) is 4.98 Å². The first-order valence-electron chi connectivity index (χ1n) is 6.05. The molecule has 1 aliphatic heterocycles. The molecule has 0 amide bonds. The number of hydrogen-bond acceptors (Lipinski definition) is 3. The predicted octanol–water partition coefficient (Wildman–Crippen LogP) is 3.70. The second-order valence-electron chi connectivity index (χ2n) is 4.35. The third kappa shape index (κ3) is 1.85. The van der Waals surface area contributed by atoms with Gasteiger partial charge in [0.15, 0.2) is 0 Å². The number of pyridine rings is 1. The molecule has 0 radical (unpaired) electrons. The zero-order valence-corrected chi connectivity index (χ0v) is 10.9. The van der Waals surface area contributed by atoms with Gasteiger partial charge in [0.1, 0.15) is 11.3 Å². The molecule has 0 spiro atoms. The molecule has 2 aromatic rings. The van der Waals surface area contributed by atoms with Crippen LogP contribution in [-0.2, 0) is 4.79 Å². The second kappa shape index (κ2) is 4.58. The molecule has 2 nitrogen and oxygen atoms in total. The second-order valence-corrected chi connectivity index (χ2v) is 5.54. The van der Waals surface area contributed by atoms with Crippen LogP contribution in [0.2, 0.25) is 0 Å². The zero-order chi connectivity index (χ0) is 12.5. The molecule has 0 aliphatic carbocycles. The SMILES string of the molecule is CC[C@H]1Sc2nc3ccccc3cc2C=C1C=O. The Kier molecular flexibility index (Phi) is 2.92. The number of aromatic nitrogens is 1. The maximum atomic E-state index is 11.1. The highest BCUT2D eigenvalue weighted by molar-refractivity contribution is 8.00. The topological polar surface area (TPSA) is 30.0 Å². The minimum Gasteiger partial charge on any atom is -0.298 e. The summed E-state index contributed by atoms with van der Waals surface area (Å²) in [6.07, 6.45) is 3.90. The number of fused-ring (bicyclic) bond motifs is 2. The number of carbonyl (C=O) groups excluding carboxylic acids is 1. The van der Waals surface area contributed by atoms with Crippen LogP contribution >= 0.6 is 11.8 Å². The van der Waals surface area contributed by atoms with Crippen molar-refractivity contribution in [3.63, 3.8) is 0 Å². The van der Waals surface area contributed by atoms with Crippen LogP contribution in [0.15, 0.2) is 40.9 Å². The summed E-state index contributed by atoms with van der Waals surface area (Å²) in [6, 6.07) is 10.2. The Hall–Kier alpha value is -1.61. The number of benzene rings is 1. The Morgan fingerprint density at radius 3 is 3.00 bits per heavy atom. The molecule has 1 atom stereocenters. The molecular formula is C15H13NOS. The van der Waals surface area contributed by atoms with Gasteiger partial charge in [-0.15, -0.1) is 0 Å². The van der Waals surface area contributed by atoms with E-state index in [2.05, 4.69) is 18.0 Å². The lowest BCUT2D eigenvalue weighted by Crippen LogP contribution is -2.11. The number of aldehydes is 1. The van der Waals surface area contributed by atoms with Crippen LogP contribution in [-0.4, -0.2) is 16.5 Å². The highest BCUT2D eigenvalue weighted by Crippen LogP contribution is 2.38. The van der Waals surface area contributed by atoms with Crippen molar-refractivity contribution in [2.75, 3.05) is 0 Å². The molecule has 0 saturated heterocycles. The van der Waals surface area contributed by atoms with Crippen LogP contribution in [0.3, 0.4) is 0 Å². The minimum atomic E-state index is 0.240. The van der Waals surface area contributed by atoms with Crippen LogP contribution in [0.1, 0.15) is 18.9 Å². The Labute approximate surface area is 110 Å². The number of rotatable bonds is 2. The molecule has 2 heterocycles. The third-order valence-corrected chi connectivity index (χ3v) is 4.61. The first-order chi connectivity index (χ1) is 8.81. The summed E-state index contributed by atoms with van der Waals surface area (Å²) in [7, 11) is 0. The average molecular weight is 255 g/mol. The summed E-state index contributed by atoms with van der Waals surface area (Å²) in [6.45, 7) is 2.10. The summed E-state index contributed by atoms with van der Waals surface area (Å²) in [4.78, 5) is 15.8. The van der Waals surface area contributed by atoms with Crippen molar-refractivity contribution in [2.24, 2.45) is 0 Å². The summed E-state index contributed by atoms with van der Waals surface area (Å²) < 4.78 is 0. The van der Waals surface area contributed by atoms with Gasteiger partial charge in [0.05, 0.1) is 5.52 Å². The Balaban J connectivity index is 2.19. The molecular weight excluding hydrogens is 242 g/mol. The molecule has 1 aliphatic rings. The van der Waals surface area contributed by atoms with E-state index in [4.69, 9.17) is 0 Å². The first-order valence-corrected chi connectivity index (χ1v) is 6.93. The summed E-state index contributed by atoms with van der Waals surface area (Å²) >= 11 is 1.69. The highest BCUT2D eigenvalue weighted by Gasteiger charge is 2.21. The van der Waals surface area contributed by atoms with Gasteiger partial charge in [-0.2, -0.15) is 0 Å². The smallest absolute Gasteiger partial charge is 0.147 e. The van der Waals surface area contributed by atoms with E-state index in [9.17, 15) is 4.79 Å². The first kappa shape index (κ1) is 11.5. The van der Waals surface area contributed by atoms with E-state index in [-0.39, 0.29) is 5.25 Å². The Morgan fingerprint density at radius 1 is 1.39 bits per heavy atom. The van der Waals surface area contributed by atoms with E-state index in [1.807, 2.05) is 30.3 Å². The molecule has 0 bridgehead atoms. The van der Waals surface area contributed by atoms with Gasteiger partial charge in [-0.1, -0.05) is 36.9 Å². The fourth-order valence-corrected chi connectivity index (χ4v) is 3.32. The van der Waals surface area contributed by atoms with Crippen molar-refractivity contribution in [1.29, 1.82) is 0 Å². The fraction of sp³-hybridized carbons (Fsp3) is 0.200. The Bertz CT molecular complexity index is 648. The summed E-state index contributed by atoms with van der Waals surface area (Å²) in [5.41, 5.74) is 2.94. The number of para-hydroxylation sites is 1. The molecule has 18 heavy (non-hydrogen) atoms. The van der Waals surface area contributed by atoms with Gasteiger partial charge in [-0.05, 0) is 24.6 Å². The van der Waals surface area contributed by atoms with E-state index in [0.717, 1.165) is 39.8 Å². The van der Waals surface area contributed by atoms with Gasteiger partial charge >= 0.3 is 0 Å². The highest BCUT2D eigenvalue weighted by atomic mass is 32.2. The van der Waals surface area contributed by atoms with Crippen LogP contribution in [0.5, 0.6) is 0 Å². The van der Waals surface area contributed by atoms with Crippen molar-refractivity contribution in [3.05, 3.63) is 41.5 Å². The summed E-state index contributed by atoms with van der Waals surface area (Å²) in [5, 5.41) is 2.39. The lowest BCUT2D eigenvalue weighted by atomic mass is 10.1. The predicted molar refractivity (Wildman–Crippen MR) is 75.7 cm³/mol. The molecule has 0 N–H and O–H groups in total.